The topological polar surface area (TPSA) is 44.8 Å². The second kappa shape index (κ2) is 6.79. The molecule has 0 heterocycles. The fourth-order valence-electron chi connectivity index (χ4n) is 1.75. The first kappa shape index (κ1) is 14.9. The molecule has 0 aliphatic carbocycles. The van der Waals surface area contributed by atoms with Gasteiger partial charge in [-0.15, -0.1) is 0 Å². The Bertz CT molecular complexity index is 587. The quantitative estimate of drug-likeness (QED) is 0.786. The summed E-state index contributed by atoms with van der Waals surface area (Å²) in [6, 6.07) is 14.9. The number of carbonyl (C=O) groups is 1. The average Bonchev–Trinajstić information content (AvgIpc) is 2.50. The zero-order valence-electron chi connectivity index (χ0n) is 12.3. The molecular weight excluding hydrogens is 268 g/mol. The van der Waals surface area contributed by atoms with Crippen LogP contribution in [0.5, 0.6) is 17.2 Å². The van der Waals surface area contributed by atoms with Crippen LogP contribution in [0.1, 0.15) is 12.5 Å². The van der Waals surface area contributed by atoms with Crippen molar-refractivity contribution in [2.45, 2.75) is 20.0 Å². The molecule has 0 aliphatic rings. The minimum atomic E-state index is -0.640. The number of hydrogen-bond donors (Lipinski definition) is 0. The van der Waals surface area contributed by atoms with Gasteiger partial charge in [-0.25, -0.2) is 4.79 Å². The van der Waals surface area contributed by atoms with Gasteiger partial charge in [0, 0.05) is 0 Å². The van der Waals surface area contributed by atoms with Crippen LogP contribution < -0.4 is 9.47 Å². The van der Waals surface area contributed by atoms with E-state index in [2.05, 4.69) is 4.74 Å². The molecular formula is C17H18O4. The molecule has 0 aromatic heterocycles. The molecule has 2 aromatic rings. The molecule has 2 rings (SSSR count). The highest BCUT2D eigenvalue weighted by Gasteiger charge is 2.14. The van der Waals surface area contributed by atoms with E-state index in [-0.39, 0.29) is 0 Å². The molecule has 0 saturated heterocycles. The van der Waals surface area contributed by atoms with Crippen molar-refractivity contribution in [3.63, 3.8) is 0 Å². The van der Waals surface area contributed by atoms with Gasteiger partial charge in [-0.05, 0) is 50.2 Å². The Morgan fingerprint density at radius 2 is 1.38 bits per heavy atom. The molecule has 0 fully saturated rings. The Morgan fingerprint density at radius 1 is 0.905 bits per heavy atom. The lowest BCUT2D eigenvalue weighted by molar-refractivity contribution is -0.147. The summed E-state index contributed by atoms with van der Waals surface area (Å²) in [5.41, 5.74) is 1.18. The van der Waals surface area contributed by atoms with Gasteiger partial charge < -0.3 is 14.2 Å². The molecule has 110 valence electrons. The van der Waals surface area contributed by atoms with Crippen LogP contribution in [-0.4, -0.2) is 19.2 Å². The van der Waals surface area contributed by atoms with E-state index >= 15 is 0 Å². The van der Waals surface area contributed by atoms with Crippen molar-refractivity contribution in [3.8, 4) is 17.2 Å². The second-order valence-corrected chi connectivity index (χ2v) is 4.67. The van der Waals surface area contributed by atoms with Gasteiger partial charge in [-0.3, -0.25) is 0 Å². The summed E-state index contributed by atoms with van der Waals surface area (Å²) < 4.78 is 15.8. The van der Waals surface area contributed by atoms with Crippen molar-refractivity contribution in [2.75, 3.05) is 7.11 Å². The van der Waals surface area contributed by atoms with E-state index in [9.17, 15) is 4.79 Å². The van der Waals surface area contributed by atoms with E-state index in [1.165, 1.54) is 12.7 Å². The van der Waals surface area contributed by atoms with Crippen molar-refractivity contribution in [1.82, 2.24) is 0 Å². The number of hydrogen-bond acceptors (Lipinski definition) is 4. The lowest BCUT2D eigenvalue weighted by Gasteiger charge is -2.13. The Labute approximate surface area is 124 Å². The molecule has 4 nitrogen and oxygen atoms in total. The molecule has 1 atom stereocenters. The Hall–Kier alpha value is -2.49. The van der Waals surface area contributed by atoms with E-state index in [0.29, 0.717) is 11.5 Å². The maximum Gasteiger partial charge on any atom is 0.346 e. The summed E-state index contributed by atoms with van der Waals surface area (Å²) >= 11 is 0. The highest BCUT2D eigenvalue weighted by Crippen LogP contribution is 2.24. The second-order valence-electron chi connectivity index (χ2n) is 4.67. The number of carbonyl (C=O) groups excluding carboxylic acids is 1. The largest absolute Gasteiger partial charge is 0.479 e. The van der Waals surface area contributed by atoms with Gasteiger partial charge in [0.15, 0.2) is 6.10 Å². The van der Waals surface area contributed by atoms with Crippen LogP contribution >= 0.6 is 0 Å². The van der Waals surface area contributed by atoms with Crippen LogP contribution in [0.4, 0.5) is 0 Å². The monoisotopic (exact) mass is 286 g/mol. The SMILES string of the molecule is COC(=O)[C@@H](C)Oc1ccc(Oc2ccc(C)cc2)cc1. The molecule has 4 heteroatoms. The molecule has 0 aliphatic heterocycles. The summed E-state index contributed by atoms with van der Waals surface area (Å²) in [4.78, 5) is 11.3. The zero-order valence-corrected chi connectivity index (χ0v) is 12.3. The third kappa shape index (κ3) is 4.24. The summed E-state index contributed by atoms with van der Waals surface area (Å²) in [7, 11) is 1.33. The fourth-order valence-corrected chi connectivity index (χ4v) is 1.75. The Balaban J connectivity index is 1.98. The summed E-state index contributed by atoms with van der Waals surface area (Å²) in [6.45, 7) is 3.67. The molecule has 0 bridgehead atoms. The Morgan fingerprint density at radius 3 is 1.90 bits per heavy atom. The highest BCUT2D eigenvalue weighted by molar-refractivity contribution is 5.74. The van der Waals surface area contributed by atoms with Crippen LogP contribution in [0.3, 0.4) is 0 Å². The number of methoxy groups -OCH3 is 1. The first-order valence-corrected chi connectivity index (χ1v) is 6.67. The summed E-state index contributed by atoms with van der Waals surface area (Å²) in [5, 5.41) is 0. The van der Waals surface area contributed by atoms with E-state index < -0.39 is 12.1 Å². The lowest BCUT2D eigenvalue weighted by Crippen LogP contribution is -2.24. The molecule has 0 N–H and O–H groups in total. The maximum atomic E-state index is 11.3. The molecule has 0 radical (unpaired) electrons. The van der Waals surface area contributed by atoms with Crippen molar-refractivity contribution in [1.29, 1.82) is 0 Å². The minimum Gasteiger partial charge on any atom is -0.479 e. The van der Waals surface area contributed by atoms with Gasteiger partial charge in [0.25, 0.3) is 0 Å². The van der Waals surface area contributed by atoms with Crippen molar-refractivity contribution in [3.05, 3.63) is 54.1 Å². The van der Waals surface area contributed by atoms with Crippen molar-refractivity contribution in [2.24, 2.45) is 0 Å². The highest BCUT2D eigenvalue weighted by atomic mass is 16.6. The summed E-state index contributed by atoms with van der Waals surface area (Å²) in [5.74, 6) is 1.66. The van der Waals surface area contributed by atoms with Crippen LogP contribution in [0.15, 0.2) is 48.5 Å². The molecule has 0 spiro atoms. The number of esters is 1. The van der Waals surface area contributed by atoms with Crippen molar-refractivity contribution >= 4 is 5.97 Å². The molecule has 0 amide bonds. The van der Waals surface area contributed by atoms with E-state index in [1.807, 2.05) is 31.2 Å². The van der Waals surface area contributed by atoms with E-state index in [1.54, 1.807) is 31.2 Å². The maximum absolute atomic E-state index is 11.3. The molecule has 21 heavy (non-hydrogen) atoms. The van der Waals surface area contributed by atoms with Gasteiger partial charge in [-0.2, -0.15) is 0 Å². The van der Waals surface area contributed by atoms with Crippen molar-refractivity contribution < 1.29 is 19.0 Å². The minimum absolute atomic E-state index is 0.407. The average molecular weight is 286 g/mol. The first-order chi connectivity index (χ1) is 10.1. The third-order valence-electron chi connectivity index (χ3n) is 2.93. The number of rotatable bonds is 5. The normalized spacial score (nSPS) is 11.6. The van der Waals surface area contributed by atoms with E-state index in [0.717, 1.165) is 5.75 Å². The van der Waals surface area contributed by atoms with Gasteiger partial charge in [0.05, 0.1) is 7.11 Å². The van der Waals surface area contributed by atoms with E-state index in [4.69, 9.17) is 9.47 Å². The zero-order chi connectivity index (χ0) is 15.2. The standard InChI is InChI=1S/C17H18O4/c1-12-4-6-15(7-5-12)21-16-10-8-14(9-11-16)20-13(2)17(18)19-3/h4-11,13H,1-3H3/t13-/m1/s1. The molecule has 2 aromatic carbocycles. The summed E-state index contributed by atoms with van der Waals surface area (Å²) in [6.07, 6.45) is -0.640. The number of ether oxygens (including phenoxy) is 3. The predicted molar refractivity (Wildman–Crippen MR) is 79.8 cm³/mol. The number of benzene rings is 2. The smallest absolute Gasteiger partial charge is 0.346 e. The van der Waals surface area contributed by atoms with Gasteiger partial charge in [0.2, 0.25) is 0 Å². The fraction of sp³-hybridized carbons (Fsp3) is 0.235. The van der Waals surface area contributed by atoms with Crippen LogP contribution in [-0.2, 0) is 9.53 Å². The first-order valence-electron chi connectivity index (χ1n) is 6.67. The van der Waals surface area contributed by atoms with Gasteiger partial charge in [-0.1, -0.05) is 17.7 Å². The predicted octanol–water partition coefficient (Wildman–Crippen LogP) is 3.73. The van der Waals surface area contributed by atoms with Crippen LogP contribution in [0.25, 0.3) is 0 Å². The van der Waals surface area contributed by atoms with Gasteiger partial charge in [0.1, 0.15) is 17.2 Å². The molecule has 0 unspecified atom stereocenters. The van der Waals surface area contributed by atoms with Crippen LogP contribution in [0.2, 0.25) is 0 Å². The third-order valence-corrected chi connectivity index (χ3v) is 2.93. The van der Waals surface area contributed by atoms with Gasteiger partial charge >= 0.3 is 5.97 Å². The number of aryl methyl sites for hydroxylation is 1. The Kier molecular flexibility index (Phi) is 4.82. The molecule has 0 saturated carbocycles. The van der Waals surface area contributed by atoms with Crippen LogP contribution in [0, 0.1) is 6.92 Å². The lowest BCUT2D eigenvalue weighted by atomic mass is 10.2.